The Hall–Kier alpha value is -0.120. The summed E-state index contributed by atoms with van der Waals surface area (Å²) in [5.74, 6) is 0. The first kappa shape index (κ1) is 11.9. The highest BCUT2D eigenvalue weighted by molar-refractivity contribution is 4.74. The summed E-state index contributed by atoms with van der Waals surface area (Å²) in [5, 5.41) is 8.95. The van der Waals surface area contributed by atoms with Gasteiger partial charge in [-0.3, -0.25) is 0 Å². The molecule has 0 aromatic rings. The molecule has 3 nitrogen and oxygen atoms in total. The van der Waals surface area contributed by atoms with Crippen LogP contribution in [0.4, 0.5) is 0 Å². The quantitative estimate of drug-likeness (QED) is 0.652. The van der Waals surface area contributed by atoms with E-state index in [9.17, 15) is 0 Å². The molecule has 0 bridgehead atoms. The van der Waals surface area contributed by atoms with Gasteiger partial charge in [-0.25, -0.2) is 0 Å². The van der Waals surface area contributed by atoms with Gasteiger partial charge in [-0.2, -0.15) is 0 Å². The molecule has 0 saturated heterocycles. The van der Waals surface area contributed by atoms with Crippen LogP contribution < -0.4 is 5.73 Å². The maximum absolute atomic E-state index is 8.95. The molecular formula is C9H21NO2. The summed E-state index contributed by atoms with van der Waals surface area (Å²) in [6.45, 7) is 7.87. The number of hydrogen-bond donors (Lipinski definition) is 2. The fourth-order valence-corrected chi connectivity index (χ4v) is 0.804. The van der Waals surface area contributed by atoms with Crippen molar-refractivity contribution >= 4 is 0 Å². The van der Waals surface area contributed by atoms with Gasteiger partial charge in [0, 0.05) is 6.04 Å². The SMILES string of the molecule is CCC(C)(C)OC(CO)C(C)N. The fourth-order valence-electron chi connectivity index (χ4n) is 0.804. The Labute approximate surface area is 74.9 Å². The Kier molecular flexibility index (Phi) is 4.75. The molecule has 0 fully saturated rings. The molecule has 2 unspecified atom stereocenters. The van der Waals surface area contributed by atoms with Crippen LogP contribution in [0.2, 0.25) is 0 Å². The highest BCUT2D eigenvalue weighted by Crippen LogP contribution is 2.17. The van der Waals surface area contributed by atoms with Crippen LogP contribution in [-0.2, 0) is 4.74 Å². The molecule has 0 aliphatic rings. The smallest absolute Gasteiger partial charge is 0.0960 e. The van der Waals surface area contributed by atoms with E-state index in [2.05, 4.69) is 6.92 Å². The predicted octanol–water partition coefficient (Wildman–Crippen LogP) is 0.900. The minimum Gasteiger partial charge on any atom is -0.394 e. The van der Waals surface area contributed by atoms with Crippen molar-refractivity contribution in [3.63, 3.8) is 0 Å². The monoisotopic (exact) mass is 175 g/mol. The van der Waals surface area contributed by atoms with E-state index in [1.54, 1.807) is 0 Å². The van der Waals surface area contributed by atoms with Gasteiger partial charge in [-0.05, 0) is 27.2 Å². The molecule has 0 saturated carbocycles. The van der Waals surface area contributed by atoms with Crippen molar-refractivity contribution < 1.29 is 9.84 Å². The first-order valence-electron chi connectivity index (χ1n) is 4.47. The summed E-state index contributed by atoms with van der Waals surface area (Å²) >= 11 is 0. The van der Waals surface area contributed by atoms with E-state index < -0.39 is 0 Å². The fraction of sp³-hybridized carbons (Fsp3) is 1.00. The van der Waals surface area contributed by atoms with Crippen LogP contribution in [0, 0.1) is 0 Å². The highest BCUT2D eigenvalue weighted by Gasteiger charge is 2.23. The molecule has 0 rings (SSSR count). The van der Waals surface area contributed by atoms with Crippen LogP contribution in [0.3, 0.4) is 0 Å². The second-order valence-corrected chi connectivity index (χ2v) is 3.81. The van der Waals surface area contributed by atoms with Gasteiger partial charge < -0.3 is 15.6 Å². The molecule has 0 spiro atoms. The molecule has 0 amide bonds. The highest BCUT2D eigenvalue weighted by atomic mass is 16.5. The average Bonchev–Trinajstić information content (AvgIpc) is 2.00. The normalized spacial score (nSPS) is 17.5. The third-order valence-corrected chi connectivity index (χ3v) is 2.09. The summed E-state index contributed by atoms with van der Waals surface area (Å²) in [6, 6.07) is -0.124. The third kappa shape index (κ3) is 4.04. The van der Waals surface area contributed by atoms with Gasteiger partial charge in [0.05, 0.1) is 18.3 Å². The molecule has 0 aromatic carbocycles. The maximum Gasteiger partial charge on any atom is 0.0960 e. The van der Waals surface area contributed by atoms with Crippen molar-refractivity contribution in [2.75, 3.05) is 6.61 Å². The number of aliphatic hydroxyl groups excluding tert-OH is 1. The Morgan fingerprint density at radius 1 is 1.50 bits per heavy atom. The van der Waals surface area contributed by atoms with Crippen LogP contribution in [0.15, 0.2) is 0 Å². The maximum atomic E-state index is 8.95. The predicted molar refractivity (Wildman–Crippen MR) is 50.0 cm³/mol. The van der Waals surface area contributed by atoms with Crippen molar-refractivity contribution in [2.24, 2.45) is 5.73 Å². The first-order chi connectivity index (χ1) is 5.43. The van der Waals surface area contributed by atoms with E-state index in [4.69, 9.17) is 15.6 Å². The molecule has 0 aliphatic heterocycles. The van der Waals surface area contributed by atoms with Gasteiger partial charge in [0.2, 0.25) is 0 Å². The zero-order valence-electron chi connectivity index (χ0n) is 8.50. The molecule has 0 radical (unpaired) electrons. The lowest BCUT2D eigenvalue weighted by atomic mass is 10.1. The Bertz CT molecular complexity index is 124. The van der Waals surface area contributed by atoms with Crippen LogP contribution in [-0.4, -0.2) is 29.5 Å². The molecule has 0 aliphatic carbocycles. The minimum absolute atomic E-state index is 0.0128. The summed E-state index contributed by atoms with van der Waals surface area (Å²) in [7, 11) is 0. The molecule has 0 aromatic heterocycles. The number of ether oxygens (including phenoxy) is 1. The molecule has 12 heavy (non-hydrogen) atoms. The van der Waals surface area contributed by atoms with Crippen LogP contribution in [0.5, 0.6) is 0 Å². The van der Waals surface area contributed by atoms with Crippen LogP contribution in [0.1, 0.15) is 34.1 Å². The van der Waals surface area contributed by atoms with E-state index in [0.717, 1.165) is 6.42 Å². The number of hydrogen-bond acceptors (Lipinski definition) is 3. The lowest BCUT2D eigenvalue weighted by molar-refractivity contribution is -0.0988. The van der Waals surface area contributed by atoms with E-state index in [-0.39, 0.29) is 24.4 Å². The molecular weight excluding hydrogens is 154 g/mol. The van der Waals surface area contributed by atoms with Crippen LogP contribution in [0.25, 0.3) is 0 Å². The van der Waals surface area contributed by atoms with E-state index in [1.165, 1.54) is 0 Å². The van der Waals surface area contributed by atoms with E-state index in [1.807, 2.05) is 20.8 Å². The Morgan fingerprint density at radius 2 is 2.00 bits per heavy atom. The molecule has 74 valence electrons. The van der Waals surface area contributed by atoms with Crippen LogP contribution >= 0.6 is 0 Å². The van der Waals surface area contributed by atoms with E-state index in [0.29, 0.717) is 0 Å². The molecule has 2 atom stereocenters. The lowest BCUT2D eigenvalue weighted by Gasteiger charge is -2.30. The molecule has 0 heterocycles. The van der Waals surface area contributed by atoms with Crippen molar-refractivity contribution in [1.82, 2.24) is 0 Å². The van der Waals surface area contributed by atoms with Gasteiger partial charge in [-0.1, -0.05) is 6.92 Å². The van der Waals surface area contributed by atoms with Crippen molar-refractivity contribution in [3.8, 4) is 0 Å². The Balaban J connectivity index is 4.01. The third-order valence-electron chi connectivity index (χ3n) is 2.09. The standard InChI is InChI=1S/C9H21NO2/c1-5-9(3,4)12-8(6-11)7(2)10/h7-8,11H,5-6,10H2,1-4H3. The molecule has 3 heteroatoms. The van der Waals surface area contributed by atoms with Gasteiger partial charge in [-0.15, -0.1) is 0 Å². The first-order valence-corrected chi connectivity index (χ1v) is 4.47. The van der Waals surface area contributed by atoms with Crippen molar-refractivity contribution in [2.45, 2.75) is 51.9 Å². The van der Waals surface area contributed by atoms with Crippen molar-refractivity contribution in [1.29, 1.82) is 0 Å². The zero-order valence-corrected chi connectivity index (χ0v) is 8.50. The van der Waals surface area contributed by atoms with Gasteiger partial charge >= 0.3 is 0 Å². The van der Waals surface area contributed by atoms with Gasteiger partial charge in [0.15, 0.2) is 0 Å². The van der Waals surface area contributed by atoms with E-state index >= 15 is 0 Å². The Morgan fingerprint density at radius 3 is 2.25 bits per heavy atom. The summed E-state index contributed by atoms with van der Waals surface area (Å²) in [6.07, 6.45) is 0.663. The summed E-state index contributed by atoms with van der Waals surface area (Å²) in [4.78, 5) is 0. The number of nitrogens with two attached hydrogens (primary N) is 1. The number of aliphatic hydroxyl groups is 1. The minimum atomic E-state index is -0.250. The topological polar surface area (TPSA) is 55.5 Å². The van der Waals surface area contributed by atoms with Gasteiger partial charge in [0.1, 0.15) is 0 Å². The lowest BCUT2D eigenvalue weighted by Crippen LogP contribution is -2.42. The molecule has 3 N–H and O–H groups in total. The largest absolute Gasteiger partial charge is 0.394 e. The second kappa shape index (κ2) is 4.80. The van der Waals surface area contributed by atoms with Gasteiger partial charge in [0.25, 0.3) is 0 Å². The number of rotatable bonds is 5. The van der Waals surface area contributed by atoms with Crippen molar-refractivity contribution in [3.05, 3.63) is 0 Å². The zero-order chi connectivity index (χ0) is 9.78. The summed E-state index contributed by atoms with van der Waals surface area (Å²) in [5.41, 5.74) is 5.43. The average molecular weight is 175 g/mol. The second-order valence-electron chi connectivity index (χ2n) is 3.81. The summed E-state index contributed by atoms with van der Waals surface area (Å²) < 4.78 is 5.62.